The summed E-state index contributed by atoms with van der Waals surface area (Å²) in [4.78, 5) is 12.4. The SMILES string of the molecule is COc1ccccc1NC(=O)[C@H](C)N[C@@H](C)c1ccccc1Cl. The summed E-state index contributed by atoms with van der Waals surface area (Å²) in [6.45, 7) is 3.80. The summed E-state index contributed by atoms with van der Waals surface area (Å²) >= 11 is 6.19. The van der Waals surface area contributed by atoms with Crippen molar-refractivity contribution in [2.45, 2.75) is 25.9 Å². The number of carbonyl (C=O) groups is 1. The third-order valence-electron chi connectivity index (χ3n) is 3.63. The van der Waals surface area contributed by atoms with Crippen LogP contribution in [0.25, 0.3) is 0 Å². The molecule has 0 fully saturated rings. The van der Waals surface area contributed by atoms with Gasteiger partial charge in [0.2, 0.25) is 5.91 Å². The van der Waals surface area contributed by atoms with Crippen LogP contribution in [0.15, 0.2) is 48.5 Å². The maximum Gasteiger partial charge on any atom is 0.241 e. The van der Waals surface area contributed by atoms with E-state index in [0.717, 1.165) is 5.56 Å². The highest BCUT2D eigenvalue weighted by Gasteiger charge is 2.18. The van der Waals surface area contributed by atoms with Crippen LogP contribution in [-0.4, -0.2) is 19.1 Å². The van der Waals surface area contributed by atoms with E-state index in [4.69, 9.17) is 16.3 Å². The van der Waals surface area contributed by atoms with Crippen LogP contribution in [0.1, 0.15) is 25.5 Å². The molecular formula is C18H21ClN2O2. The van der Waals surface area contributed by atoms with Crippen LogP contribution < -0.4 is 15.4 Å². The molecule has 5 heteroatoms. The highest BCUT2D eigenvalue weighted by atomic mass is 35.5. The fourth-order valence-electron chi connectivity index (χ4n) is 2.36. The van der Waals surface area contributed by atoms with Crippen molar-refractivity contribution < 1.29 is 9.53 Å². The van der Waals surface area contributed by atoms with E-state index in [2.05, 4.69) is 10.6 Å². The molecule has 0 aliphatic rings. The van der Waals surface area contributed by atoms with E-state index in [9.17, 15) is 4.79 Å². The first kappa shape index (κ1) is 17.3. The molecule has 0 aliphatic heterocycles. The lowest BCUT2D eigenvalue weighted by atomic mass is 10.1. The van der Waals surface area contributed by atoms with E-state index in [0.29, 0.717) is 16.5 Å². The Kier molecular flexibility index (Phi) is 6.02. The molecule has 0 radical (unpaired) electrons. The summed E-state index contributed by atoms with van der Waals surface area (Å²) in [5.41, 5.74) is 1.62. The quantitative estimate of drug-likeness (QED) is 0.839. The van der Waals surface area contributed by atoms with Crippen molar-refractivity contribution in [1.29, 1.82) is 0 Å². The summed E-state index contributed by atoms with van der Waals surface area (Å²) in [5, 5.41) is 6.82. The topological polar surface area (TPSA) is 50.4 Å². The fourth-order valence-corrected chi connectivity index (χ4v) is 2.66. The summed E-state index contributed by atoms with van der Waals surface area (Å²) < 4.78 is 5.24. The van der Waals surface area contributed by atoms with Crippen molar-refractivity contribution >= 4 is 23.2 Å². The minimum absolute atomic E-state index is 0.0397. The molecule has 0 spiro atoms. The molecular weight excluding hydrogens is 312 g/mol. The highest BCUT2D eigenvalue weighted by Crippen LogP contribution is 2.24. The Bertz CT molecular complexity index is 676. The fraction of sp³-hybridized carbons (Fsp3) is 0.278. The molecule has 2 aromatic rings. The van der Waals surface area contributed by atoms with Gasteiger partial charge in [0.1, 0.15) is 5.75 Å². The number of hydrogen-bond acceptors (Lipinski definition) is 3. The lowest BCUT2D eigenvalue weighted by molar-refractivity contribution is -0.117. The molecule has 2 aromatic carbocycles. The number of halogens is 1. The summed E-state index contributed by atoms with van der Waals surface area (Å²) in [6, 6.07) is 14.5. The number of hydrogen-bond donors (Lipinski definition) is 2. The van der Waals surface area contributed by atoms with Gasteiger partial charge in [-0.1, -0.05) is 41.9 Å². The van der Waals surface area contributed by atoms with E-state index in [-0.39, 0.29) is 18.0 Å². The molecule has 122 valence electrons. The minimum atomic E-state index is -0.383. The molecule has 0 heterocycles. The zero-order valence-electron chi connectivity index (χ0n) is 13.5. The number of anilines is 1. The van der Waals surface area contributed by atoms with Crippen molar-refractivity contribution in [1.82, 2.24) is 5.32 Å². The average Bonchev–Trinajstić information content (AvgIpc) is 2.55. The monoisotopic (exact) mass is 332 g/mol. The largest absolute Gasteiger partial charge is 0.495 e. The molecule has 23 heavy (non-hydrogen) atoms. The van der Waals surface area contributed by atoms with Gasteiger partial charge in [-0.2, -0.15) is 0 Å². The minimum Gasteiger partial charge on any atom is -0.495 e. The number of nitrogens with one attached hydrogen (secondary N) is 2. The molecule has 0 bridgehead atoms. The van der Waals surface area contributed by atoms with Gasteiger partial charge in [0.05, 0.1) is 18.8 Å². The van der Waals surface area contributed by atoms with Gasteiger partial charge in [-0.15, -0.1) is 0 Å². The Labute approximate surface area is 141 Å². The first-order valence-electron chi connectivity index (χ1n) is 7.47. The van der Waals surface area contributed by atoms with Gasteiger partial charge in [0, 0.05) is 11.1 Å². The van der Waals surface area contributed by atoms with Gasteiger partial charge < -0.3 is 10.1 Å². The maximum atomic E-state index is 12.4. The molecule has 4 nitrogen and oxygen atoms in total. The average molecular weight is 333 g/mol. The molecule has 2 rings (SSSR count). The molecule has 2 N–H and O–H groups in total. The van der Waals surface area contributed by atoms with Gasteiger partial charge in [-0.05, 0) is 37.6 Å². The third kappa shape index (κ3) is 4.47. The summed E-state index contributed by atoms with van der Waals surface area (Å²) in [5.74, 6) is 0.501. The predicted molar refractivity (Wildman–Crippen MR) is 94.1 cm³/mol. The molecule has 1 amide bonds. The first-order valence-corrected chi connectivity index (χ1v) is 7.85. The normalized spacial score (nSPS) is 13.2. The molecule has 0 aromatic heterocycles. The van der Waals surface area contributed by atoms with E-state index < -0.39 is 0 Å². The van der Waals surface area contributed by atoms with Crippen LogP contribution in [0.2, 0.25) is 5.02 Å². The second-order valence-electron chi connectivity index (χ2n) is 5.32. The number of amides is 1. The standard InChI is InChI=1S/C18H21ClN2O2/c1-12(14-8-4-5-9-15(14)19)20-13(2)18(22)21-16-10-6-7-11-17(16)23-3/h4-13,20H,1-3H3,(H,21,22)/t12-,13-/m0/s1. The Hall–Kier alpha value is -2.04. The molecule has 0 saturated heterocycles. The van der Waals surface area contributed by atoms with E-state index in [1.54, 1.807) is 19.2 Å². The molecule has 0 unspecified atom stereocenters. The van der Waals surface area contributed by atoms with Gasteiger partial charge in [0.25, 0.3) is 0 Å². The first-order chi connectivity index (χ1) is 11.0. The van der Waals surface area contributed by atoms with Crippen LogP contribution in [0.5, 0.6) is 5.75 Å². The predicted octanol–water partition coefficient (Wildman–Crippen LogP) is 4.03. The van der Waals surface area contributed by atoms with E-state index in [1.807, 2.05) is 50.2 Å². The van der Waals surface area contributed by atoms with Crippen LogP contribution in [0, 0.1) is 0 Å². The molecule has 2 atom stereocenters. The van der Waals surface area contributed by atoms with E-state index >= 15 is 0 Å². The van der Waals surface area contributed by atoms with Crippen molar-refractivity contribution in [3.05, 3.63) is 59.1 Å². The van der Waals surface area contributed by atoms with Gasteiger partial charge >= 0.3 is 0 Å². The van der Waals surface area contributed by atoms with Crippen molar-refractivity contribution in [3.63, 3.8) is 0 Å². The Morgan fingerprint density at radius 3 is 2.43 bits per heavy atom. The van der Waals surface area contributed by atoms with Crippen LogP contribution >= 0.6 is 11.6 Å². The van der Waals surface area contributed by atoms with Crippen LogP contribution in [0.3, 0.4) is 0 Å². The van der Waals surface area contributed by atoms with Gasteiger partial charge in [-0.25, -0.2) is 0 Å². The lowest BCUT2D eigenvalue weighted by Crippen LogP contribution is -2.39. The Morgan fingerprint density at radius 1 is 1.09 bits per heavy atom. The van der Waals surface area contributed by atoms with Crippen LogP contribution in [-0.2, 0) is 4.79 Å². The number of para-hydroxylation sites is 2. The second-order valence-corrected chi connectivity index (χ2v) is 5.73. The number of methoxy groups -OCH3 is 1. The number of benzene rings is 2. The zero-order valence-corrected chi connectivity index (χ0v) is 14.2. The van der Waals surface area contributed by atoms with Crippen molar-refractivity contribution in [2.75, 3.05) is 12.4 Å². The molecule has 0 saturated carbocycles. The zero-order chi connectivity index (χ0) is 16.8. The number of ether oxygens (including phenoxy) is 1. The van der Waals surface area contributed by atoms with Gasteiger partial charge in [-0.3, -0.25) is 10.1 Å². The van der Waals surface area contributed by atoms with Crippen molar-refractivity contribution in [3.8, 4) is 5.75 Å². The molecule has 0 aliphatic carbocycles. The van der Waals surface area contributed by atoms with Crippen LogP contribution in [0.4, 0.5) is 5.69 Å². The smallest absolute Gasteiger partial charge is 0.241 e. The van der Waals surface area contributed by atoms with Crippen molar-refractivity contribution in [2.24, 2.45) is 0 Å². The Balaban J connectivity index is 2.01. The lowest BCUT2D eigenvalue weighted by Gasteiger charge is -2.21. The second kappa shape index (κ2) is 7.99. The highest BCUT2D eigenvalue weighted by molar-refractivity contribution is 6.31. The number of rotatable bonds is 6. The third-order valence-corrected chi connectivity index (χ3v) is 3.97. The van der Waals surface area contributed by atoms with E-state index in [1.165, 1.54) is 0 Å². The summed E-state index contributed by atoms with van der Waals surface area (Å²) in [7, 11) is 1.58. The maximum absolute atomic E-state index is 12.4. The number of carbonyl (C=O) groups excluding carboxylic acids is 1. The Morgan fingerprint density at radius 2 is 1.74 bits per heavy atom. The van der Waals surface area contributed by atoms with Gasteiger partial charge in [0.15, 0.2) is 0 Å². The summed E-state index contributed by atoms with van der Waals surface area (Å²) in [6.07, 6.45) is 0.